The van der Waals surface area contributed by atoms with Crippen molar-refractivity contribution in [2.45, 2.75) is 250 Å². The Morgan fingerprint density at radius 1 is 0.372 bits per heavy atom. The normalized spacial score (nSPS) is 15.8. The van der Waals surface area contributed by atoms with Crippen LogP contribution in [0.25, 0.3) is 0 Å². The molecule has 0 aliphatic carbocycles. The second-order valence-electron chi connectivity index (χ2n) is 29.7. The predicted octanol–water partition coefficient (Wildman–Crippen LogP) is -7.95. The number of aromatic hydroxyl groups is 1. The van der Waals surface area contributed by atoms with Crippen molar-refractivity contribution in [1.29, 1.82) is 0 Å². The number of aliphatic hydroxyl groups is 3. The molecule has 0 aliphatic rings. The fraction of sp³-hybridized carbons (Fsp3) is 0.610. The first-order chi connectivity index (χ1) is 56.9. The Kier molecular flexibility index (Phi) is 47.2. The van der Waals surface area contributed by atoms with Crippen LogP contribution >= 0.6 is 0 Å². The summed E-state index contributed by atoms with van der Waals surface area (Å²) >= 11 is 0. The Labute approximate surface area is 702 Å². The van der Waals surface area contributed by atoms with E-state index < -0.39 is 229 Å². The molecule has 121 heavy (non-hydrogen) atoms. The predicted molar refractivity (Wildman–Crippen MR) is 442 cm³/mol. The van der Waals surface area contributed by atoms with Crippen molar-refractivity contribution >= 4 is 106 Å². The molecule has 15 amide bonds. The van der Waals surface area contributed by atoms with Gasteiger partial charge in [0.1, 0.15) is 84.3 Å². The molecule has 0 fully saturated rings. The Balaban J connectivity index is 2.47. The number of aliphatic imine (C=N–C) groups is 2. The number of hydrogen-bond acceptors (Lipinski definition) is 24. The molecule has 0 aromatic heterocycles. The highest BCUT2D eigenvalue weighted by Crippen LogP contribution is 2.18. The lowest BCUT2D eigenvalue weighted by Gasteiger charge is -2.30. The highest BCUT2D eigenvalue weighted by molar-refractivity contribution is 6.01. The first-order valence-electron chi connectivity index (χ1n) is 40.0. The zero-order chi connectivity index (χ0) is 91.5. The number of aliphatic hydroxyl groups excluding tert-OH is 3. The number of phenols is 1. The van der Waals surface area contributed by atoms with E-state index >= 15 is 0 Å². The van der Waals surface area contributed by atoms with Crippen LogP contribution in [0.15, 0.2) is 64.6 Å². The first-order valence-corrected chi connectivity index (χ1v) is 40.0. The van der Waals surface area contributed by atoms with Gasteiger partial charge in [-0.25, -0.2) is 4.79 Å². The van der Waals surface area contributed by atoms with Crippen molar-refractivity contribution in [3.05, 3.63) is 65.7 Å². The summed E-state index contributed by atoms with van der Waals surface area (Å²) in [5.74, 6) is -19.4. The number of nitrogens with one attached hydrogen (secondary N) is 14. The molecule has 0 saturated carbocycles. The van der Waals surface area contributed by atoms with Gasteiger partial charge < -0.3 is 140 Å². The number of unbranched alkanes of at least 4 members (excludes halogenated alkanes) is 1. The topological polar surface area (TPSA) is 750 Å². The van der Waals surface area contributed by atoms with E-state index in [9.17, 15) is 102 Å². The number of amides is 15. The second-order valence-corrected chi connectivity index (χ2v) is 29.7. The van der Waals surface area contributed by atoms with Gasteiger partial charge in [-0.3, -0.25) is 81.9 Å². The fourth-order valence-corrected chi connectivity index (χ4v) is 11.9. The van der Waals surface area contributed by atoms with Crippen LogP contribution in [-0.2, 0) is 89.6 Å². The van der Waals surface area contributed by atoms with Gasteiger partial charge in [0.25, 0.3) is 0 Å². The number of aliphatic carboxylic acids is 1. The lowest BCUT2D eigenvalue weighted by Crippen LogP contribution is -2.64. The van der Waals surface area contributed by atoms with Crippen molar-refractivity contribution in [3.63, 3.8) is 0 Å². The minimum Gasteiger partial charge on any atom is -0.508 e. The van der Waals surface area contributed by atoms with Crippen LogP contribution < -0.4 is 115 Å². The number of nitrogens with zero attached hydrogens (tertiary/aromatic N) is 2. The molecule has 0 spiro atoms. The lowest BCUT2D eigenvalue weighted by atomic mass is 9.94. The minimum absolute atomic E-state index is 0.0137. The Morgan fingerprint density at radius 2 is 0.727 bits per heavy atom. The second kappa shape index (κ2) is 54.3. The standard InChI is InChI=1S/C77H127N23O21/c1-11-38(4)57(69(114)87-37-56(107)95-60(42(8)101)73(118)98-58(39(5)12-2)70(115)91-50(75(120)121)25-20-32-86-77(83)84)97-71(116)59(40(6)13-3)96-68(113)53(35-54(80)105)94-65(110)49(23-17-18-30-78)90-72(117)61(43(9)102)100-74(119)62(44(10)103)99-67(112)52(34-46-26-28-47(104)29-27-46)93-66(111)51(33-45-21-15-14-16-22-45)92-63(108)41(7)88-64(109)48(89-55(106)36-79)24-19-31-85-76(81)82/h14-16,21-22,26-29,38-44,48-53,57-62,101-104H,11-13,17-20,23-25,30-37,78-79H2,1-10H3,(H2,80,105)(H,87,114)(H,88,109)(H,89,106)(H,90,117)(H,91,115)(H,92,108)(H,93,111)(H,94,110)(H,95,107)(H,96,113)(H,97,116)(H,98,118)(H,99,112)(H,100,119)(H,120,121)(H4,81,82,85)(H4,83,84,86)/t38-,39-,40-,41-,42+,43+,44+,48-,49-,50-,51-,52-,53-,57-,58-,59-,60-,61-,62-/m0/s1. The molecule has 2 rings (SSSR count). The number of guanidine groups is 2. The van der Waals surface area contributed by atoms with Gasteiger partial charge in [-0.2, -0.15) is 0 Å². The van der Waals surface area contributed by atoms with E-state index in [4.69, 9.17) is 40.1 Å². The largest absolute Gasteiger partial charge is 0.508 e. The fourth-order valence-electron chi connectivity index (χ4n) is 11.9. The molecule has 676 valence electrons. The van der Waals surface area contributed by atoms with Crippen LogP contribution in [0.4, 0.5) is 0 Å². The van der Waals surface area contributed by atoms with Crippen molar-refractivity contribution in [2.75, 3.05) is 32.7 Å². The maximum atomic E-state index is 14.7. The summed E-state index contributed by atoms with van der Waals surface area (Å²) < 4.78 is 0. The van der Waals surface area contributed by atoms with Gasteiger partial charge in [0.05, 0.1) is 37.8 Å². The van der Waals surface area contributed by atoms with E-state index in [1.807, 2.05) is 0 Å². The average molecular weight is 1710 g/mol. The van der Waals surface area contributed by atoms with E-state index in [1.165, 1.54) is 31.2 Å². The smallest absolute Gasteiger partial charge is 0.326 e. The van der Waals surface area contributed by atoms with E-state index in [1.54, 1.807) is 71.9 Å². The number of hydrogen-bond donors (Lipinski definition) is 26. The first kappa shape index (κ1) is 105. The third kappa shape index (κ3) is 38.4. The van der Waals surface area contributed by atoms with Crippen LogP contribution in [-0.4, -0.2) is 262 Å². The van der Waals surface area contributed by atoms with Crippen molar-refractivity contribution in [1.82, 2.24) is 74.4 Å². The molecule has 2 aromatic rings. The highest BCUT2D eigenvalue weighted by Gasteiger charge is 2.41. The molecule has 2 aromatic carbocycles. The number of carboxylic acid groups (broad SMARTS) is 1. The molecular formula is C77H127N23O21. The average Bonchev–Trinajstić information content (AvgIpc) is 0.929. The van der Waals surface area contributed by atoms with Crippen LogP contribution in [0.5, 0.6) is 5.75 Å². The van der Waals surface area contributed by atoms with E-state index in [-0.39, 0.29) is 108 Å². The molecule has 0 heterocycles. The number of primary amides is 1. The zero-order valence-corrected chi connectivity index (χ0v) is 70.1. The maximum Gasteiger partial charge on any atom is 0.326 e. The summed E-state index contributed by atoms with van der Waals surface area (Å²) in [7, 11) is 0. The Bertz CT molecular complexity index is 3830. The third-order valence-corrected chi connectivity index (χ3v) is 19.6. The zero-order valence-electron chi connectivity index (χ0n) is 70.1. The van der Waals surface area contributed by atoms with Crippen molar-refractivity contribution in [2.24, 2.45) is 67.9 Å². The number of phenolic OH excluding ortho intramolecular Hbond substituents is 1. The van der Waals surface area contributed by atoms with Gasteiger partial charge in [-0.05, 0) is 120 Å². The third-order valence-electron chi connectivity index (χ3n) is 19.6. The molecule has 0 aliphatic heterocycles. The van der Waals surface area contributed by atoms with Gasteiger partial charge in [0.2, 0.25) is 88.6 Å². The van der Waals surface area contributed by atoms with Gasteiger partial charge >= 0.3 is 5.97 Å². The van der Waals surface area contributed by atoms with Crippen LogP contribution in [0.2, 0.25) is 0 Å². The molecule has 0 unspecified atom stereocenters. The molecule has 0 bridgehead atoms. The number of rotatable bonds is 56. The van der Waals surface area contributed by atoms with Crippen molar-refractivity contribution < 1.29 is 102 Å². The Morgan fingerprint density at radius 3 is 1.19 bits per heavy atom. The highest BCUT2D eigenvalue weighted by atomic mass is 16.4. The van der Waals surface area contributed by atoms with E-state index in [0.717, 1.165) is 20.8 Å². The summed E-state index contributed by atoms with van der Waals surface area (Å²) in [6.07, 6.45) is -5.58. The summed E-state index contributed by atoms with van der Waals surface area (Å²) in [6.45, 7) is 13.3. The summed E-state index contributed by atoms with van der Waals surface area (Å²) in [6, 6.07) is -7.16. The van der Waals surface area contributed by atoms with Crippen LogP contribution in [0, 0.1) is 17.8 Å². The van der Waals surface area contributed by atoms with E-state index in [2.05, 4.69) is 84.4 Å². The molecule has 19 atom stereocenters. The number of carbonyl (C=O) groups excluding carboxylic acids is 15. The van der Waals surface area contributed by atoms with Gasteiger partial charge in [0, 0.05) is 25.9 Å². The summed E-state index contributed by atoms with van der Waals surface area (Å²) in [5, 5.41) is 87.3. The van der Waals surface area contributed by atoms with Gasteiger partial charge in [-0.1, -0.05) is 103 Å². The van der Waals surface area contributed by atoms with Gasteiger partial charge in [-0.15, -0.1) is 0 Å². The quantitative estimate of drug-likeness (QED) is 0.0166. The Hall–Kier alpha value is -11.9. The SMILES string of the molecule is CC[C@H](C)[C@H](NC(=O)[C@H](CC(N)=O)NC(=O)[C@H](CCCCN)NC(=O)[C@@H](NC(=O)[C@@H](NC(=O)[C@H](Cc1ccc(O)cc1)NC(=O)[C@H](Cc1ccccc1)NC(=O)[C@H](C)NC(=O)[C@H](CCCN=C(N)N)NC(=O)CN)[C@@H](C)O)[C@@H](C)O)C(=O)N[C@H](C(=O)NCC(=O)N[C@H](C(=O)N[C@H](C(=O)N[C@@H](CCCN=C(N)N)C(=O)O)[C@@H](C)CC)[C@@H](C)O)[C@@H](C)CC. The molecular weight excluding hydrogens is 1580 g/mol. The van der Waals surface area contributed by atoms with Crippen molar-refractivity contribution in [3.8, 4) is 5.75 Å². The number of benzene rings is 2. The van der Waals surface area contributed by atoms with Crippen LogP contribution in [0.1, 0.15) is 151 Å². The monoisotopic (exact) mass is 1710 g/mol. The minimum atomic E-state index is -2.01. The molecule has 0 saturated heterocycles. The van der Waals surface area contributed by atoms with E-state index in [0.29, 0.717) is 17.5 Å². The number of carboxylic acids is 1. The number of carbonyl (C=O) groups is 16. The molecule has 44 heteroatoms. The van der Waals surface area contributed by atoms with Gasteiger partial charge in [0.15, 0.2) is 11.9 Å². The van der Waals surface area contributed by atoms with Crippen LogP contribution in [0.3, 0.4) is 0 Å². The lowest BCUT2D eigenvalue weighted by molar-refractivity contribution is -0.143. The number of nitrogens with two attached hydrogens (primary N) is 7. The molecule has 0 radical (unpaired) electrons. The summed E-state index contributed by atoms with van der Waals surface area (Å²) in [5.41, 5.74) is 39.2. The molecule has 44 nitrogen and oxygen atoms in total. The maximum absolute atomic E-state index is 14.7. The molecule has 33 N–H and O–H groups in total. The summed E-state index contributed by atoms with van der Waals surface area (Å²) in [4.78, 5) is 229.